The number of rotatable bonds is 5. The first-order valence-electron chi connectivity index (χ1n) is 14.7. The molecule has 220 valence electrons. The second kappa shape index (κ2) is 11.4. The van der Waals surface area contributed by atoms with Crippen molar-refractivity contribution in [2.75, 3.05) is 4.90 Å². The van der Waals surface area contributed by atoms with E-state index in [1.165, 1.54) is 0 Å². The van der Waals surface area contributed by atoms with Crippen molar-refractivity contribution in [3.8, 4) is 17.1 Å². The summed E-state index contributed by atoms with van der Waals surface area (Å²) in [6.45, 7) is 0. The average molecular weight is 773 g/mol. The second-order valence-electron chi connectivity index (χ2n) is 10.8. The molecule has 0 fully saturated rings. The Balaban J connectivity index is 0.00000312. The molecule has 0 bridgehead atoms. The molecule has 0 atom stereocenters. The number of furan rings is 1. The zero-order chi connectivity index (χ0) is 29.7. The molecule has 0 aliphatic rings. The van der Waals surface area contributed by atoms with Crippen LogP contribution in [0.2, 0.25) is 0 Å². The van der Waals surface area contributed by atoms with E-state index in [9.17, 15) is 0 Å². The zero-order valence-electron chi connectivity index (χ0n) is 24.2. The fourth-order valence-electron chi connectivity index (χ4n) is 6.18. The van der Waals surface area contributed by atoms with Crippen LogP contribution in [0.25, 0.3) is 60.8 Å². The molecule has 5 heterocycles. The molecular weight excluding hydrogens is 750 g/mol. The van der Waals surface area contributed by atoms with Gasteiger partial charge in [-0.05, 0) is 53.5 Å². The maximum Gasteiger partial charge on any atom is 2.00 e. The van der Waals surface area contributed by atoms with Gasteiger partial charge in [0.15, 0.2) is 0 Å². The number of pyridine rings is 3. The molecule has 9 rings (SSSR count). The summed E-state index contributed by atoms with van der Waals surface area (Å²) in [4.78, 5) is 16.3. The Morgan fingerprint density at radius 2 is 1.57 bits per heavy atom. The van der Waals surface area contributed by atoms with Gasteiger partial charge in [0.2, 0.25) is 0 Å². The molecule has 46 heavy (non-hydrogen) atoms. The Kier molecular flexibility index (Phi) is 6.93. The van der Waals surface area contributed by atoms with E-state index in [1.807, 2.05) is 79.0 Å². The summed E-state index contributed by atoms with van der Waals surface area (Å²) >= 11 is 0. The predicted molar refractivity (Wildman–Crippen MR) is 179 cm³/mol. The second-order valence-corrected chi connectivity index (χ2v) is 10.8. The van der Waals surface area contributed by atoms with Crippen LogP contribution >= 0.6 is 0 Å². The van der Waals surface area contributed by atoms with Crippen LogP contribution in [0.1, 0.15) is 0 Å². The van der Waals surface area contributed by atoms with E-state index in [4.69, 9.17) is 14.4 Å². The number of hydrogen-bond donors (Lipinski definition) is 0. The molecule has 0 amide bonds. The van der Waals surface area contributed by atoms with Crippen LogP contribution in [0, 0.1) is 12.1 Å². The predicted octanol–water partition coefficient (Wildman–Crippen LogP) is 9.60. The van der Waals surface area contributed by atoms with Crippen molar-refractivity contribution in [2.24, 2.45) is 0 Å². The number of fused-ring (bicyclic) bond motifs is 6. The monoisotopic (exact) mass is 772 g/mol. The van der Waals surface area contributed by atoms with Crippen LogP contribution in [0.15, 0.2) is 144 Å². The topological polar surface area (TPSA) is 60.0 Å². The van der Waals surface area contributed by atoms with E-state index in [0.717, 1.165) is 78.0 Å². The minimum absolute atomic E-state index is 0. The van der Waals surface area contributed by atoms with Crippen molar-refractivity contribution in [1.82, 2.24) is 19.5 Å². The van der Waals surface area contributed by atoms with Crippen LogP contribution in [0.4, 0.5) is 17.2 Å². The Morgan fingerprint density at radius 3 is 2.46 bits per heavy atom. The fourth-order valence-corrected chi connectivity index (χ4v) is 6.18. The van der Waals surface area contributed by atoms with Crippen molar-refractivity contribution in [2.45, 2.75) is 0 Å². The standard InChI is InChI=1S/C39H23N5O.Pt/c1-2-10-26(11-3-1)43(27-19-20-29-28-12-4-5-16-34(28)44(35(29)24-27)37-17-6-7-22-41-37)38-18-9-15-33(42-38)32-14-8-13-31-30-21-23-40-25-36(30)45-39(31)32;/h1-13,15-23,25H;/q-2;+2. The van der Waals surface area contributed by atoms with Crippen molar-refractivity contribution in [1.29, 1.82) is 0 Å². The number of nitrogens with zero attached hydrogens (tertiary/aromatic N) is 5. The quantitative estimate of drug-likeness (QED) is 0.163. The summed E-state index contributed by atoms with van der Waals surface area (Å²) in [5, 5.41) is 4.28. The Labute approximate surface area is 278 Å². The first kappa shape index (κ1) is 27.9. The van der Waals surface area contributed by atoms with Crippen molar-refractivity contribution < 1.29 is 25.5 Å². The van der Waals surface area contributed by atoms with Gasteiger partial charge in [-0.25, -0.2) is 4.98 Å². The fraction of sp³-hybridized carbons (Fsp3) is 0. The molecule has 0 unspecified atom stereocenters. The Hall–Kier alpha value is -5.58. The van der Waals surface area contributed by atoms with E-state index < -0.39 is 0 Å². The zero-order valence-corrected chi connectivity index (χ0v) is 26.5. The molecular formula is C39H23N5OPt. The first-order chi connectivity index (χ1) is 22.3. The SMILES string of the molecule is [Pt+2].[c-]1ccc2c(oc3cnccc32)c1-c1cccc(N(c2[c-]c3c(cc2)c2ccccc2n3-c2ccccn2)c2ccccc2)n1. The third-order valence-electron chi connectivity index (χ3n) is 8.16. The number of benzene rings is 4. The van der Waals surface area contributed by atoms with Gasteiger partial charge in [0.25, 0.3) is 0 Å². The third-order valence-corrected chi connectivity index (χ3v) is 8.16. The van der Waals surface area contributed by atoms with Gasteiger partial charge in [0, 0.05) is 29.0 Å². The van der Waals surface area contributed by atoms with E-state index in [2.05, 4.69) is 75.1 Å². The molecule has 0 aliphatic carbocycles. The molecule has 0 N–H and O–H groups in total. The van der Waals surface area contributed by atoms with E-state index in [-0.39, 0.29) is 21.1 Å². The maximum absolute atomic E-state index is 6.28. The van der Waals surface area contributed by atoms with E-state index in [1.54, 1.807) is 12.4 Å². The molecule has 4 aromatic carbocycles. The minimum Gasteiger partial charge on any atom is -0.499 e. The molecule has 6 nitrogen and oxygen atoms in total. The van der Waals surface area contributed by atoms with Gasteiger partial charge in [0.05, 0.1) is 11.8 Å². The largest absolute Gasteiger partial charge is 2.00 e. The van der Waals surface area contributed by atoms with Gasteiger partial charge >= 0.3 is 21.1 Å². The number of anilines is 3. The summed E-state index contributed by atoms with van der Waals surface area (Å²) in [6.07, 6.45) is 5.35. The Bertz CT molecular complexity index is 2510. The summed E-state index contributed by atoms with van der Waals surface area (Å²) < 4.78 is 8.45. The first-order valence-corrected chi connectivity index (χ1v) is 14.7. The van der Waals surface area contributed by atoms with Crippen LogP contribution in [-0.2, 0) is 21.1 Å². The smallest absolute Gasteiger partial charge is 0.499 e. The van der Waals surface area contributed by atoms with Gasteiger partial charge < -0.3 is 13.9 Å². The van der Waals surface area contributed by atoms with Gasteiger partial charge in [-0.1, -0.05) is 76.8 Å². The summed E-state index contributed by atoms with van der Waals surface area (Å²) in [7, 11) is 0. The van der Waals surface area contributed by atoms with Gasteiger partial charge in [0.1, 0.15) is 17.2 Å². The Morgan fingerprint density at radius 1 is 0.696 bits per heavy atom. The van der Waals surface area contributed by atoms with Gasteiger partial charge in [-0.3, -0.25) is 9.97 Å². The molecule has 0 saturated carbocycles. The number of hydrogen-bond acceptors (Lipinski definition) is 5. The molecule has 0 aliphatic heterocycles. The van der Waals surface area contributed by atoms with Crippen molar-refractivity contribution in [3.63, 3.8) is 0 Å². The van der Waals surface area contributed by atoms with Crippen molar-refractivity contribution in [3.05, 3.63) is 152 Å². The molecule has 0 saturated heterocycles. The number of para-hydroxylation sites is 2. The number of aromatic nitrogens is 4. The van der Waals surface area contributed by atoms with Crippen molar-refractivity contribution >= 4 is 60.9 Å². The molecule has 5 aromatic heterocycles. The molecule has 0 radical (unpaired) electrons. The van der Waals surface area contributed by atoms with E-state index >= 15 is 0 Å². The molecule has 9 aromatic rings. The molecule has 7 heteroatoms. The maximum atomic E-state index is 6.28. The molecule has 0 spiro atoms. The summed E-state index contributed by atoms with van der Waals surface area (Å²) in [5.74, 6) is 1.59. The van der Waals surface area contributed by atoms with Crippen LogP contribution < -0.4 is 4.90 Å². The minimum atomic E-state index is 0. The van der Waals surface area contributed by atoms with Crippen LogP contribution in [-0.4, -0.2) is 19.5 Å². The van der Waals surface area contributed by atoms with E-state index in [0.29, 0.717) is 0 Å². The van der Waals surface area contributed by atoms with Crippen LogP contribution in [0.3, 0.4) is 0 Å². The third kappa shape index (κ3) is 4.49. The van der Waals surface area contributed by atoms with Crippen LogP contribution in [0.5, 0.6) is 0 Å². The summed E-state index contributed by atoms with van der Waals surface area (Å²) in [6, 6.07) is 48.0. The summed E-state index contributed by atoms with van der Waals surface area (Å²) in [5.41, 5.74) is 6.88. The normalized spacial score (nSPS) is 11.3. The average Bonchev–Trinajstić information content (AvgIpc) is 3.65. The van der Waals surface area contributed by atoms with Gasteiger partial charge in [-0.15, -0.1) is 35.7 Å². The van der Waals surface area contributed by atoms with Gasteiger partial charge in [-0.2, -0.15) is 6.07 Å².